The highest BCUT2D eigenvalue weighted by atomic mass is 16.5. The average Bonchev–Trinajstić information content (AvgIpc) is 2.38. The van der Waals surface area contributed by atoms with Crippen molar-refractivity contribution in [1.82, 2.24) is 10.2 Å². The minimum absolute atomic E-state index is 0.0596. The Kier molecular flexibility index (Phi) is 3.43. The number of ether oxygens (including phenoxy) is 1. The lowest BCUT2D eigenvalue weighted by Crippen LogP contribution is -2.44. The van der Waals surface area contributed by atoms with Gasteiger partial charge in [0.2, 0.25) is 0 Å². The van der Waals surface area contributed by atoms with Gasteiger partial charge in [0.15, 0.2) is 5.82 Å². The van der Waals surface area contributed by atoms with Gasteiger partial charge in [0.1, 0.15) is 0 Å². The second-order valence-electron chi connectivity index (χ2n) is 5.07. The van der Waals surface area contributed by atoms with Crippen molar-refractivity contribution in [3.8, 4) is 0 Å². The number of aliphatic hydroxyl groups excluding tert-OH is 1. The highest BCUT2D eigenvalue weighted by Gasteiger charge is 2.23. The van der Waals surface area contributed by atoms with Crippen molar-refractivity contribution in [1.29, 1.82) is 0 Å². The second-order valence-corrected chi connectivity index (χ2v) is 5.07. The second kappa shape index (κ2) is 5.20. The zero-order chi connectivity index (χ0) is 12.4. The predicted octanol–water partition coefficient (Wildman–Crippen LogP) is 0.942. The van der Waals surface area contributed by atoms with Crippen LogP contribution < -0.4 is 4.90 Å². The molecule has 18 heavy (non-hydrogen) atoms. The first-order chi connectivity index (χ1) is 8.86. The molecule has 1 saturated heterocycles. The van der Waals surface area contributed by atoms with Crippen LogP contribution in [0.3, 0.4) is 0 Å². The maximum atomic E-state index is 9.12. The number of hydrogen-bond acceptors (Lipinski definition) is 5. The van der Waals surface area contributed by atoms with Gasteiger partial charge in [-0.15, -0.1) is 5.10 Å². The summed E-state index contributed by atoms with van der Waals surface area (Å²) in [7, 11) is 0. The molecule has 3 rings (SSSR count). The molecule has 0 radical (unpaired) electrons. The van der Waals surface area contributed by atoms with Gasteiger partial charge in [0.05, 0.1) is 25.0 Å². The predicted molar refractivity (Wildman–Crippen MR) is 67.7 cm³/mol. The van der Waals surface area contributed by atoms with E-state index < -0.39 is 0 Å². The number of hydrogen-bond donors (Lipinski definition) is 1. The summed E-state index contributed by atoms with van der Waals surface area (Å²) in [5.74, 6) is 1.52. The standard InChI is InChI=1S/C13H19N3O2/c17-9-11-8-16(6-7-18-11)13-5-4-12(14-15-13)10-2-1-3-10/h4-5,10-11,17H,1-3,6-9H2. The Labute approximate surface area is 107 Å². The lowest BCUT2D eigenvalue weighted by atomic mass is 9.83. The van der Waals surface area contributed by atoms with Crippen LogP contribution in [0.4, 0.5) is 5.82 Å². The average molecular weight is 249 g/mol. The molecule has 2 heterocycles. The van der Waals surface area contributed by atoms with Crippen LogP contribution in [0.1, 0.15) is 30.9 Å². The highest BCUT2D eigenvalue weighted by molar-refractivity contribution is 5.38. The van der Waals surface area contributed by atoms with E-state index in [4.69, 9.17) is 9.84 Å². The molecule has 1 N–H and O–H groups in total. The lowest BCUT2D eigenvalue weighted by molar-refractivity contribution is 0.00332. The Bertz CT molecular complexity index is 392. The first kappa shape index (κ1) is 11.9. The molecule has 1 atom stereocenters. The van der Waals surface area contributed by atoms with Gasteiger partial charge in [0.25, 0.3) is 0 Å². The summed E-state index contributed by atoms with van der Waals surface area (Å²) in [5.41, 5.74) is 1.12. The fourth-order valence-electron chi connectivity index (χ4n) is 2.46. The summed E-state index contributed by atoms with van der Waals surface area (Å²) in [6.07, 6.45) is 3.71. The van der Waals surface area contributed by atoms with Crippen molar-refractivity contribution >= 4 is 5.82 Å². The molecule has 1 aliphatic heterocycles. The monoisotopic (exact) mass is 249 g/mol. The SMILES string of the molecule is OCC1CN(c2ccc(C3CCC3)nn2)CCO1. The number of aliphatic hydroxyl groups is 1. The fraction of sp³-hybridized carbons (Fsp3) is 0.692. The molecule has 1 aliphatic carbocycles. The van der Waals surface area contributed by atoms with Crippen LogP contribution in [0, 0.1) is 0 Å². The van der Waals surface area contributed by atoms with E-state index >= 15 is 0 Å². The minimum Gasteiger partial charge on any atom is -0.394 e. The van der Waals surface area contributed by atoms with Crippen molar-refractivity contribution in [2.45, 2.75) is 31.3 Å². The molecule has 0 spiro atoms. The van der Waals surface area contributed by atoms with E-state index in [-0.39, 0.29) is 12.7 Å². The van der Waals surface area contributed by atoms with Crippen LogP contribution in [-0.2, 0) is 4.74 Å². The Morgan fingerprint density at radius 1 is 1.33 bits per heavy atom. The van der Waals surface area contributed by atoms with Crippen LogP contribution in [0.5, 0.6) is 0 Å². The summed E-state index contributed by atoms with van der Waals surface area (Å²) < 4.78 is 5.43. The molecule has 98 valence electrons. The van der Waals surface area contributed by atoms with Crippen molar-refractivity contribution in [3.63, 3.8) is 0 Å². The Balaban J connectivity index is 1.67. The number of anilines is 1. The molecule has 0 amide bonds. The normalized spacial score (nSPS) is 24.9. The van der Waals surface area contributed by atoms with E-state index in [1.165, 1.54) is 19.3 Å². The number of morpholine rings is 1. The molecule has 5 nitrogen and oxygen atoms in total. The summed E-state index contributed by atoms with van der Waals surface area (Å²) in [6.45, 7) is 2.20. The van der Waals surface area contributed by atoms with E-state index in [0.717, 1.165) is 18.1 Å². The van der Waals surface area contributed by atoms with E-state index in [2.05, 4.69) is 21.2 Å². The van der Waals surface area contributed by atoms with Crippen molar-refractivity contribution < 1.29 is 9.84 Å². The summed E-state index contributed by atoms with van der Waals surface area (Å²) in [6, 6.07) is 4.13. The largest absolute Gasteiger partial charge is 0.394 e. The van der Waals surface area contributed by atoms with Gasteiger partial charge in [-0.2, -0.15) is 5.10 Å². The molecule has 1 unspecified atom stereocenters. The fourth-order valence-corrected chi connectivity index (χ4v) is 2.46. The van der Waals surface area contributed by atoms with E-state index in [0.29, 0.717) is 19.1 Å². The van der Waals surface area contributed by atoms with Crippen LogP contribution >= 0.6 is 0 Å². The molecule has 1 saturated carbocycles. The van der Waals surface area contributed by atoms with Crippen LogP contribution in [0.2, 0.25) is 0 Å². The summed E-state index contributed by atoms with van der Waals surface area (Å²) in [4.78, 5) is 2.13. The van der Waals surface area contributed by atoms with Crippen LogP contribution in [0.15, 0.2) is 12.1 Å². The van der Waals surface area contributed by atoms with Crippen molar-refractivity contribution in [3.05, 3.63) is 17.8 Å². The lowest BCUT2D eigenvalue weighted by Gasteiger charge is -2.32. The first-order valence-electron chi connectivity index (χ1n) is 6.68. The molecule has 0 bridgehead atoms. The molecule has 0 aromatic carbocycles. The van der Waals surface area contributed by atoms with Crippen molar-refractivity contribution in [2.75, 3.05) is 31.2 Å². The zero-order valence-corrected chi connectivity index (χ0v) is 10.5. The third-order valence-corrected chi connectivity index (χ3v) is 3.86. The zero-order valence-electron chi connectivity index (χ0n) is 10.5. The highest BCUT2D eigenvalue weighted by Crippen LogP contribution is 2.35. The smallest absolute Gasteiger partial charge is 0.151 e. The quantitative estimate of drug-likeness (QED) is 0.864. The van der Waals surface area contributed by atoms with Gasteiger partial charge >= 0.3 is 0 Å². The number of nitrogens with zero attached hydrogens (tertiary/aromatic N) is 3. The summed E-state index contributed by atoms with van der Waals surface area (Å²) >= 11 is 0. The molecular formula is C13H19N3O2. The van der Waals surface area contributed by atoms with E-state index in [9.17, 15) is 0 Å². The maximum Gasteiger partial charge on any atom is 0.151 e. The van der Waals surface area contributed by atoms with Gasteiger partial charge in [-0.05, 0) is 25.0 Å². The molecular weight excluding hydrogens is 230 g/mol. The van der Waals surface area contributed by atoms with Crippen LogP contribution in [-0.4, -0.2) is 47.7 Å². The Hall–Kier alpha value is -1.20. The van der Waals surface area contributed by atoms with Gasteiger partial charge in [-0.3, -0.25) is 0 Å². The molecule has 2 fully saturated rings. The van der Waals surface area contributed by atoms with E-state index in [1.807, 2.05) is 6.07 Å². The molecule has 1 aromatic heterocycles. The topological polar surface area (TPSA) is 58.5 Å². The van der Waals surface area contributed by atoms with Gasteiger partial charge in [-0.25, -0.2) is 0 Å². The Morgan fingerprint density at radius 2 is 2.22 bits per heavy atom. The third-order valence-electron chi connectivity index (χ3n) is 3.86. The molecule has 5 heteroatoms. The number of rotatable bonds is 3. The Morgan fingerprint density at radius 3 is 2.83 bits per heavy atom. The van der Waals surface area contributed by atoms with Crippen molar-refractivity contribution in [2.24, 2.45) is 0 Å². The van der Waals surface area contributed by atoms with Gasteiger partial charge in [-0.1, -0.05) is 6.42 Å². The first-order valence-corrected chi connectivity index (χ1v) is 6.68. The number of aromatic nitrogens is 2. The molecule has 1 aromatic rings. The van der Waals surface area contributed by atoms with E-state index in [1.54, 1.807) is 0 Å². The van der Waals surface area contributed by atoms with Gasteiger partial charge in [0, 0.05) is 19.0 Å². The minimum atomic E-state index is -0.105. The van der Waals surface area contributed by atoms with Crippen LogP contribution in [0.25, 0.3) is 0 Å². The third kappa shape index (κ3) is 2.33. The summed E-state index contributed by atoms with van der Waals surface area (Å²) in [5, 5.41) is 17.8. The van der Waals surface area contributed by atoms with Gasteiger partial charge < -0.3 is 14.7 Å². The molecule has 2 aliphatic rings. The maximum absolute atomic E-state index is 9.12.